The maximum Gasteiger partial charge on any atom is 0.343 e. The number of ether oxygens (including phenoxy) is 2. The van der Waals surface area contributed by atoms with E-state index in [9.17, 15) is 19.2 Å². The zero-order valence-electron chi connectivity index (χ0n) is 24.9. The van der Waals surface area contributed by atoms with Gasteiger partial charge >= 0.3 is 11.9 Å². The van der Waals surface area contributed by atoms with Gasteiger partial charge in [0.25, 0.3) is 11.8 Å². The molecule has 0 heterocycles. The maximum absolute atomic E-state index is 12.7. The van der Waals surface area contributed by atoms with E-state index in [0.29, 0.717) is 43.5 Å². The highest BCUT2D eigenvalue weighted by Crippen LogP contribution is 2.22. The zero-order valence-corrected chi connectivity index (χ0v) is 26.4. The third kappa shape index (κ3) is 9.26. The number of anilines is 1. The molecular weight excluding hydrogens is 653 g/mol. The monoisotopic (exact) mass is 677 g/mol. The molecule has 0 unspecified atom stereocenters. The van der Waals surface area contributed by atoms with E-state index >= 15 is 0 Å². The first-order valence-corrected chi connectivity index (χ1v) is 15.1. The Morgan fingerprint density at radius 3 is 1.75 bits per heavy atom. The van der Waals surface area contributed by atoms with Crippen LogP contribution >= 0.6 is 23.2 Å². The van der Waals surface area contributed by atoms with Crippen LogP contribution in [0.4, 0.5) is 5.69 Å². The van der Waals surface area contributed by atoms with E-state index in [0.717, 1.165) is 0 Å². The molecule has 11 heteroatoms. The minimum Gasteiger partial charge on any atom is -0.423 e. The molecule has 0 radical (unpaired) electrons. The SMILES string of the molecule is O=C(/C=C/c1ccccc1OC(=O)c1ccc(Cl)cc1)Oc1ccccc1/C=N/NC(=O)c1ccc(NC(=O)c2ccc(Cl)cc2)cc1. The first-order chi connectivity index (χ1) is 23.2. The highest BCUT2D eigenvalue weighted by Gasteiger charge is 2.12. The molecule has 5 rings (SSSR count). The van der Waals surface area contributed by atoms with Crippen molar-refractivity contribution in [2.75, 3.05) is 5.32 Å². The number of hydrogen-bond acceptors (Lipinski definition) is 7. The zero-order chi connectivity index (χ0) is 33.9. The third-order valence-electron chi connectivity index (χ3n) is 6.61. The molecular formula is C37H25Cl2N3O6. The van der Waals surface area contributed by atoms with Crippen LogP contribution in [0.3, 0.4) is 0 Å². The van der Waals surface area contributed by atoms with Crippen molar-refractivity contribution in [1.29, 1.82) is 0 Å². The molecule has 2 amide bonds. The van der Waals surface area contributed by atoms with Gasteiger partial charge in [0.05, 0.1) is 11.8 Å². The summed E-state index contributed by atoms with van der Waals surface area (Å²) in [6.07, 6.45) is 4.01. The number of nitrogens with one attached hydrogen (secondary N) is 2. The van der Waals surface area contributed by atoms with Gasteiger partial charge in [0.1, 0.15) is 11.5 Å². The summed E-state index contributed by atoms with van der Waals surface area (Å²) in [5.41, 5.74) is 4.91. The molecule has 0 aliphatic heterocycles. The van der Waals surface area contributed by atoms with Crippen LogP contribution in [0.5, 0.6) is 11.5 Å². The van der Waals surface area contributed by atoms with Crippen LogP contribution in [0.25, 0.3) is 6.08 Å². The predicted octanol–water partition coefficient (Wildman–Crippen LogP) is 7.85. The van der Waals surface area contributed by atoms with Gasteiger partial charge < -0.3 is 14.8 Å². The Balaban J connectivity index is 1.16. The van der Waals surface area contributed by atoms with Gasteiger partial charge in [-0.25, -0.2) is 15.0 Å². The minimum atomic E-state index is -0.693. The van der Waals surface area contributed by atoms with Crippen molar-refractivity contribution in [3.05, 3.63) is 165 Å². The van der Waals surface area contributed by atoms with E-state index in [2.05, 4.69) is 15.8 Å². The molecule has 0 saturated carbocycles. The third-order valence-corrected chi connectivity index (χ3v) is 7.12. The van der Waals surface area contributed by atoms with Crippen LogP contribution in [0, 0.1) is 0 Å². The molecule has 9 nitrogen and oxygen atoms in total. The number of halogens is 2. The number of esters is 2. The molecule has 0 aromatic heterocycles. The maximum atomic E-state index is 12.7. The normalized spacial score (nSPS) is 10.9. The largest absolute Gasteiger partial charge is 0.423 e. The molecule has 5 aromatic carbocycles. The highest BCUT2D eigenvalue weighted by atomic mass is 35.5. The van der Waals surface area contributed by atoms with Crippen LogP contribution in [0.15, 0.2) is 133 Å². The first-order valence-electron chi connectivity index (χ1n) is 14.3. The lowest BCUT2D eigenvalue weighted by molar-refractivity contribution is -0.128. The second kappa shape index (κ2) is 16.0. The van der Waals surface area contributed by atoms with E-state index in [4.69, 9.17) is 32.7 Å². The first kappa shape index (κ1) is 33.3. The number of nitrogens with zero attached hydrogens (tertiary/aromatic N) is 1. The van der Waals surface area contributed by atoms with Crippen molar-refractivity contribution >= 4 is 64.9 Å². The second-order valence-corrected chi connectivity index (χ2v) is 10.8. The van der Waals surface area contributed by atoms with Crippen LogP contribution < -0.4 is 20.2 Å². The van der Waals surface area contributed by atoms with Gasteiger partial charge in [0.2, 0.25) is 0 Å². The number of benzene rings is 5. The van der Waals surface area contributed by atoms with Gasteiger partial charge in [-0.3, -0.25) is 9.59 Å². The molecule has 0 bridgehead atoms. The summed E-state index contributed by atoms with van der Waals surface area (Å²) in [5.74, 6) is -1.62. The molecule has 48 heavy (non-hydrogen) atoms. The lowest BCUT2D eigenvalue weighted by Gasteiger charge is -2.08. The Bertz CT molecular complexity index is 2010. The molecule has 5 aromatic rings. The standard InChI is InChI=1S/C37H25Cl2N3O6/c38-29-16-9-25(10-17-29)35(44)41-31-20-13-26(14-21-31)36(45)42-40-23-28-6-2-4-8-33(28)47-34(43)22-15-24-5-1-3-7-32(24)48-37(46)27-11-18-30(39)19-12-27/h1-23H,(H,41,44)(H,42,45)/b22-15+,40-23+. The molecule has 0 spiro atoms. The smallest absolute Gasteiger partial charge is 0.343 e. The Labute approximate surface area is 285 Å². The van der Waals surface area contributed by atoms with Crippen molar-refractivity contribution in [2.24, 2.45) is 5.10 Å². The Morgan fingerprint density at radius 2 is 1.10 bits per heavy atom. The van der Waals surface area contributed by atoms with Crippen LogP contribution in [-0.2, 0) is 4.79 Å². The van der Waals surface area contributed by atoms with Crippen LogP contribution in [-0.4, -0.2) is 30.0 Å². The molecule has 0 aliphatic rings. The van der Waals surface area contributed by atoms with Crippen LogP contribution in [0.1, 0.15) is 42.2 Å². The van der Waals surface area contributed by atoms with Gasteiger partial charge in [0.15, 0.2) is 0 Å². The van der Waals surface area contributed by atoms with E-state index in [1.807, 2.05) is 0 Å². The van der Waals surface area contributed by atoms with Crippen molar-refractivity contribution in [1.82, 2.24) is 5.43 Å². The lowest BCUT2D eigenvalue weighted by atomic mass is 10.1. The Hall–Kier alpha value is -6.03. The number of hydrogen-bond donors (Lipinski definition) is 2. The van der Waals surface area contributed by atoms with Crippen LogP contribution in [0.2, 0.25) is 10.0 Å². The number of carbonyl (C=O) groups excluding carboxylic acids is 4. The lowest BCUT2D eigenvalue weighted by Crippen LogP contribution is -2.18. The fourth-order valence-corrected chi connectivity index (χ4v) is 4.42. The number of hydrazone groups is 1. The van der Waals surface area contributed by atoms with E-state index in [-0.39, 0.29) is 17.4 Å². The van der Waals surface area contributed by atoms with Crippen molar-refractivity contribution in [2.45, 2.75) is 0 Å². The summed E-state index contributed by atoms with van der Waals surface area (Å²) in [6, 6.07) is 32.4. The molecule has 0 aliphatic carbocycles. The second-order valence-electron chi connectivity index (χ2n) is 9.96. The fraction of sp³-hybridized carbons (Fsp3) is 0. The van der Waals surface area contributed by atoms with Gasteiger partial charge in [-0.2, -0.15) is 5.10 Å². The van der Waals surface area contributed by atoms with Crippen molar-refractivity contribution in [3.8, 4) is 11.5 Å². The summed E-state index contributed by atoms with van der Waals surface area (Å²) >= 11 is 11.8. The highest BCUT2D eigenvalue weighted by molar-refractivity contribution is 6.31. The van der Waals surface area contributed by atoms with E-state index < -0.39 is 17.8 Å². The summed E-state index contributed by atoms with van der Waals surface area (Å²) in [5, 5.41) is 7.77. The number of rotatable bonds is 10. The quantitative estimate of drug-likeness (QED) is 0.0510. The summed E-state index contributed by atoms with van der Waals surface area (Å²) in [7, 11) is 0. The molecule has 2 N–H and O–H groups in total. The average molecular weight is 679 g/mol. The number of amides is 2. The Kier molecular flexibility index (Phi) is 11.1. The molecule has 238 valence electrons. The van der Waals surface area contributed by atoms with Gasteiger partial charge in [0, 0.05) is 44.1 Å². The predicted molar refractivity (Wildman–Crippen MR) is 185 cm³/mol. The number of para-hydroxylation sites is 2. The van der Waals surface area contributed by atoms with Gasteiger partial charge in [-0.05, 0) is 97.1 Å². The van der Waals surface area contributed by atoms with Crippen molar-refractivity contribution < 1.29 is 28.7 Å². The van der Waals surface area contributed by atoms with E-state index in [1.165, 1.54) is 18.4 Å². The van der Waals surface area contributed by atoms with Gasteiger partial charge in [-0.15, -0.1) is 0 Å². The molecule has 0 fully saturated rings. The summed E-state index contributed by atoms with van der Waals surface area (Å²) in [4.78, 5) is 50.3. The number of carbonyl (C=O) groups is 4. The molecule has 0 atom stereocenters. The van der Waals surface area contributed by atoms with Gasteiger partial charge in [-0.1, -0.05) is 53.5 Å². The van der Waals surface area contributed by atoms with E-state index in [1.54, 1.807) is 121 Å². The summed E-state index contributed by atoms with van der Waals surface area (Å²) in [6.45, 7) is 0. The van der Waals surface area contributed by atoms with Crippen molar-refractivity contribution in [3.63, 3.8) is 0 Å². The molecule has 0 saturated heterocycles. The summed E-state index contributed by atoms with van der Waals surface area (Å²) < 4.78 is 11.0. The topological polar surface area (TPSA) is 123 Å². The Morgan fingerprint density at radius 1 is 0.583 bits per heavy atom. The minimum absolute atomic E-state index is 0.202. The fourth-order valence-electron chi connectivity index (χ4n) is 4.17. The average Bonchev–Trinajstić information content (AvgIpc) is 3.09.